The molecule has 0 radical (unpaired) electrons. The van der Waals surface area contributed by atoms with Gasteiger partial charge in [-0.2, -0.15) is 8.42 Å². The second kappa shape index (κ2) is 6.94. The van der Waals surface area contributed by atoms with E-state index >= 15 is 0 Å². The van der Waals surface area contributed by atoms with Gasteiger partial charge in [0.15, 0.2) is 5.84 Å². The van der Waals surface area contributed by atoms with Crippen LogP contribution in [0.15, 0.2) is 51.8 Å². The Morgan fingerprint density at radius 3 is 2.87 bits per heavy atom. The molecule has 0 aliphatic carbocycles. The van der Waals surface area contributed by atoms with Crippen LogP contribution in [-0.4, -0.2) is 43.6 Å². The van der Waals surface area contributed by atoms with E-state index in [1.54, 1.807) is 35.2 Å². The van der Waals surface area contributed by atoms with Crippen LogP contribution in [0.4, 0.5) is 11.4 Å². The topological polar surface area (TPSA) is 108 Å². The Morgan fingerprint density at radius 1 is 1.17 bits per heavy atom. The van der Waals surface area contributed by atoms with Gasteiger partial charge in [0.2, 0.25) is 11.8 Å². The van der Waals surface area contributed by atoms with Crippen molar-refractivity contribution < 1.29 is 18.0 Å². The molecular weight excluding hydrogens is 404 g/mol. The third-order valence-electron chi connectivity index (χ3n) is 5.71. The number of sulfonamides is 1. The summed E-state index contributed by atoms with van der Waals surface area (Å²) in [6, 6.07) is 11.6. The van der Waals surface area contributed by atoms with Crippen LogP contribution >= 0.6 is 0 Å². The second-order valence-electron chi connectivity index (χ2n) is 7.65. The van der Waals surface area contributed by atoms with E-state index in [0.717, 1.165) is 17.7 Å². The summed E-state index contributed by atoms with van der Waals surface area (Å²) in [6.07, 6.45) is 2.45. The van der Waals surface area contributed by atoms with Gasteiger partial charge < -0.3 is 15.5 Å². The Kier molecular flexibility index (Phi) is 4.35. The second-order valence-corrected chi connectivity index (χ2v) is 9.22. The van der Waals surface area contributed by atoms with Gasteiger partial charge in [0, 0.05) is 29.9 Å². The molecule has 1 atom stereocenters. The summed E-state index contributed by atoms with van der Waals surface area (Å²) < 4.78 is 28.8. The average Bonchev–Trinajstić information content (AvgIpc) is 3.31. The maximum absolute atomic E-state index is 13.0. The van der Waals surface area contributed by atoms with Gasteiger partial charge in [-0.1, -0.05) is 12.1 Å². The van der Waals surface area contributed by atoms with Gasteiger partial charge in [-0.3, -0.25) is 9.59 Å². The van der Waals surface area contributed by atoms with Gasteiger partial charge in [0.25, 0.3) is 10.0 Å². The lowest BCUT2D eigenvalue weighted by atomic mass is 10.0. The third kappa shape index (κ3) is 3.15. The van der Waals surface area contributed by atoms with Crippen LogP contribution in [-0.2, 0) is 26.0 Å². The summed E-state index contributed by atoms with van der Waals surface area (Å²) in [5.74, 6) is 0.140. The first kappa shape index (κ1) is 18.8. The van der Waals surface area contributed by atoms with Crippen LogP contribution < -0.4 is 10.6 Å². The Bertz CT molecular complexity index is 1210. The number of amidine groups is 1. The number of rotatable bonds is 2. The number of nitrogens with zero attached hydrogens (tertiary/aromatic N) is 2. The van der Waals surface area contributed by atoms with E-state index < -0.39 is 16.1 Å². The number of nitrogens with one attached hydrogen (secondary N) is 2. The van der Waals surface area contributed by atoms with Crippen LogP contribution in [0.25, 0.3) is 0 Å². The molecule has 1 saturated heterocycles. The molecule has 1 fully saturated rings. The number of anilines is 2. The molecule has 9 heteroatoms. The maximum Gasteiger partial charge on any atom is 0.285 e. The number of aryl methyl sites for hydroxylation is 1. The molecule has 30 heavy (non-hydrogen) atoms. The van der Waals surface area contributed by atoms with Crippen molar-refractivity contribution in [2.24, 2.45) is 4.40 Å². The summed E-state index contributed by atoms with van der Waals surface area (Å²) in [6.45, 7) is 0.566. The van der Waals surface area contributed by atoms with Gasteiger partial charge in [0.1, 0.15) is 10.9 Å². The third-order valence-corrected chi connectivity index (χ3v) is 7.03. The highest BCUT2D eigenvalue weighted by Crippen LogP contribution is 2.32. The number of hydrogen-bond donors (Lipinski definition) is 2. The number of hydrogen-bond acceptors (Lipinski definition) is 5. The molecule has 154 valence electrons. The standard InChI is InChI=1S/C21H20N4O4S/c26-19-10-7-13-12-14(8-9-16(13)23-19)22-21(27)17-5-3-11-25(17)20-15-4-1-2-6-18(15)30(28,29)24-20/h1-2,4,6,8-9,12,17H,3,5,7,10-11H2,(H,22,27)(H,23,26)/t17-/m0/s1. The van der Waals surface area contributed by atoms with Crippen molar-refractivity contribution in [1.29, 1.82) is 0 Å². The van der Waals surface area contributed by atoms with Gasteiger partial charge in [-0.05, 0) is 55.2 Å². The Morgan fingerprint density at radius 2 is 2.00 bits per heavy atom. The van der Waals surface area contributed by atoms with Crippen LogP contribution in [0, 0.1) is 0 Å². The zero-order valence-corrected chi connectivity index (χ0v) is 16.9. The minimum atomic E-state index is -3.73. The molecule has 0 spiro atoms. The number of likely N-dealkylation sites (tertiary alicyclic amines) is 1. The van der Waals surface area contributed by atoms with Crippen molar-refractivity contribution in [2.75, 3.05) is 17.2 Å². The van der Waals surface area contributed by atoms with Gasteiger partial charge >= 0.3 is 0 Å². The number of fused-ring (bicyclic) bond motifs is 2. The van der Waals surface area contributed by atoms with Crippen LogP contribution in [0.3, 0.4) is 0 Å². The predicted molar refractivity (Wildman–Crippen MR) is 112 cm³/mol. The van der Waals surface area contributed by atoms with E-state index in [2.05, 4.69) is 15.0 Å². The van der Waals surface area contributed by atoms with E-state index in [-0.39, 0.29) is 16.7 Å². The first-order valence-electron chi connectivity index (χ1n) is 9.87. The smallest absolute Gasteiger partial charge is 0.285 e. The maximum atomic E-state index is 13.0. The van der Waals surface area contributed by atoms with Crippen molar-refractivity contribution in [1.82, 2.24) is 4.90 Å². The van der Waals surface area contributed by atoms with Crippen molar-refractivity contribution in [3.63, 3.8) is 0 Å². The van der Waals surface area contributed by atoms with Crippen molar-refractivity contribution in [2.45, 2.75) is 36.6 Å². The van der Waals surface area contributed by atoms with Crippen molar-refractivity contribution >= 4 is 39.0 Å². The highest BCUT2D eigenvalue weighted by atomic mass is 32.2. The summed E-state index contributed by atoms with van der Waals surface area (Å²) in [4.78, 5) is 26.5. The van der Waals surface area contributed by atoms with Crippen LogP contribution in [0.5, 0.6) is 0 Å². The SMILES string of the molecule is O=C1CCc2cc(NC(=O)[C@@H]3CCCN3C3=NS(=O)(=O)c4ccccc43)ccc2N1. The van der Waals surface area contributed by atoms with Crippen molar-refractivity contribution in [3.8, 4) is 0 Å². The lowest BCUT2D eigenvalue weighted by molar-refractivity contribution is -0.119. The zero-order chi connectivity index (χ0) is 20.9. The zero-order valence-electron chi connectivity index (χ0n) is 16.1. The quantitative estimate of drug-likeness (QED) is 0.768. The Balaban J connectivity index is 1.39. The fourth-order valence-electron chi connectivity index (χ4n) is 4.28. The van der Waals surface area contributed by atoms with Crippen molar-refractivity contribution in [3.05, 3.63) is 53.6 Å². The number of carbonyl (C=O) groups excluding carboxylic acids is 2. The highest BCUT2D eigenvalue weighted by Gasteiger charge is 2.39. The molecular formula is C21H20N4O4S. The fourth-order valence-corrected chi connectivity index (χ4v) is 5.49. The monoisotopic (exact) mass is 424 g/mol. The predicted octanol–water partition coefficient (Wildman–Crippen LogP) is 2.12. The molecule has 2 N–H and O–H groups in total. The van der Waals surface area contributed by atoms with Crippen LogP contribution in [0.2, 0.25) is 0 Å². The first-order valence-corrected chi connectivity index (χ1v) is 11.3. The molecule has 0 bridgehead atoms. The van der Waals surface area contributed by atoms with E-state index in [9.17, 15) is 18.0 Å². The lowest BCUT2D eigenvalue weighted by Crippen LogP contribution is -2.43. The highest BCUT2D eigenvalue weighted by molar-refractivity contribution is 7.90. The summed E-state index contributed by atoms with van der Waals surface area (Å²) in [7, 11) is -3.73. The first-order chi connectivity index (χ1) is 14.4. The number of amides is 2. The van der Waals surface area contributed by atoms with E-state index in [0.29, 0.717) is 42.9 Å². The van der Waals surface area contributed by atoms with E-state index in [1.165, 1.54) is 6.07 Å². The Labute approximate surface area is 174 Å². The molecule has 3 aliphatic rings. The van der Waals surface area contributed by atoms with E-state index in [4.69, 9.17) is 0 Å². The molecule has 2 aromatic carbocycles. The Hall–Kier alpha value is -3.20. The lowest BCUT2D eigenvalue weighted by Gasteiger charge is -2.26. The fraction of sp³-hybridized carbons (Fsp3) is 0.286. The molecule has 0 saturated carbocycles. The minimum absolute atomic E-state index is 0.00606. The van der Waals surface area contributed by atoms with Gasteiger partial charge in [-0.25, -0.2) is 0 Å². The molecule has 3 heterocycles. The molecule has 0 aromatic heterocycles. The molecule has 2 amide bonds. The van der Waals surface area contributed by atoms with Gasteiger partial charge in [-0.15, -0.1) is 4.40 Å². The molecule has 0 unspecified atom stereocenters. The summed E-state index contributed by atoms with van der Waals surface area (Å²) in [5, 5.41) is 5.77. The molecule has 2 aromatic rings. The normalized spacial score (nSPS) is 21.5. The van der Waals surface area contributed by atoms with Crippen LogP contribution in [0.1, 0.15) is 30.4 Å². The minimum Gasteiger partial charge on any atom is -0.343 e. The molecule has 3 aliphatic heterocycles. The van der Waals surface area contributed by atoms with E-state index in [1.807, 2.05) is 6.07 Å². The molecule has 5 rings (SSSR count). The average molecular weight is 424 g/mol. The van der Waals surface area contributed by atoms with Gasteiger partial charge in [0.05, 0.1) is 0 Å². The summed E-state index contributed by atoms with van der Waals surface area (Å²) >= 11 is 0. The molecule has 8 nitrogen and oxygen atoms in total. The number of benzene rings is 2. The largest absolute Gasteiger partial charge is 0.343 e. The number of carbonyl (C=O) groups is 2. The summed E-state index contributed by atoms with van der Waals surface area (Å²) in [5.41, 5.74) is 2.95.